The van der Waals surface area contributed by atoms with E-state index in [2.05, 4.69) is 22.2 Å². The van der Waals surface area contributed by atoms with Crippen LogP contribution in [0, 0.1) is 0 Å². The van der Waals surface area contributed by atoms with Crippen LogP contribution in [-0.2, 0) is 6.54 Å². The Bertz CT molecular complexity index is 757. The topological polar surface area (TPSA) is 38.5 Å². The fraction of sp³-hybridized carbons (Fsp3) is 0.381. The Kier molecular flexibility index (Phi) is 6.96. The molecule has 0 radical (unpaired) electrons. The number of hydrazone groups is 1. The first-order valence-corrected chi connectivity index (χ1v) is 9.73. The molecule has 2 aromatic carbocycles. The van der Waals surface area contributed by atoms with E-state index in [1.165, 1.54) is 5.56 Å². The molecule has 2 aromatic rings. The number of nitrogens with zero attached hydrogens (tertiary/aromatic N) is 2. The van der Waals surface area contributed by atoms with Crippen LogP contribution in [-0.4, -0.2) is 51.1 Å². The van der Waals surface area contributed by atoms with E-state index in [9.17, 15) is 0 Å². The van der Waals surface area contributed by atoms with Gasteiger partial charge in [-0.25, -0.2) is 0 Å². The number of methoxy groups -OCH3 is 1. The predicted molar refractivity (Wildman–Crippen MR) is 109 cm³/mol. The van der Waals surface area contributed by atoms with Gasteiger partial charge in [-0.3, -0.25) is 5.01 Å². The summed E-state index contributed by atoms with van der Waals surface area (Å²) in [5.41, 5.74) is 2.33. The van der Waals surface area contributed by atoms with Crippen molar-refractivity contribution in [2.45, 2.75) is 13.5 Å². The Morgan fingerprint density at radius 1 is 1.11 bits per heavy atom. The fourth-order valence-electron chi connectivity index (χ4n) is 3.18. The van der Waals surface area contributed by atoms with Crippen molar-refractivity contribution in [1.29, 1.82) is 0 Å². The van der Waals surface area contributed by atoms with Crippen LogP contribution >= 0.6 is 11.6 Å². The fourth-order valence-corrected chi connectivity index (χ4v) is 3.31. The molecule has 0 aliphatic carbocycles. The molecular weight excluding hydrogens is 362 g/mol. The molecule has 0 unspecified atom stereocenters. The zero-order valence-electron chi connectivity index (χ0n) is 16.0. The van der Waals surface area contributed by atoms with Crippen LogP contribution in [0.2, 0.25) is 5.02 Å². The maximum absolute atomic E-state index is 5.96. The summed E-state index contributed by atoms with van der Waals surface area (Å²) in [6.07, 6.45) is 1.89. The Hall–Kier alpha value is -2.24. The van der Waals surface area contributed by atoms with E-state index in [0.717, 1.165) is 54.8 Å². The quantitative estimate of drug-likeness (QED) is 0.740. The molecule has 1 saturated heterocycles. The first-order valence-electron chi connectivity index (χ1n) is 9.35. The van der Waals surface area contributed by atoms with Crippen molar-refractivity contribution in [2.75, 3.05) is 39.9 Å². The second-order valence-corrected chi connectivity index (χ2v) is 7.03. The maximum atomic E-state index is 5.96. The van der Waals surface area contributed by atoms with Crippen LogP contribution in [0.15, 0.2) is 47.6 Å². The van der Waals surface area contributed by atoms with Crippen molar-refractivity contribution in [2.24, 2.45) is 5.10 Å². The highest BCUT2D eigenvalue weighted by Crippen LogP contribution is 2.27. The van der Waals surface area contributed by atoms with E-state index in [1.54, 1.807) is 12.0 Å². The lowest BCUT2D eigenvalue weighted by atomic mass is 10.2. The van der Waals surface area contributed by atoms with E-state index in [1.807, 2.05) is 43.5 Å². The maximum Gasteiger partial charge on any atom is 0.161 e. The average Bonchev–Trinajstić information content (AvgIpc) is 2.70. The number of halogens is 1. The molecule has 1 heterocycles. The van der Waals surface area contributed by atoms with Gasteiger partial charge in [0.2, 0.25) is 0 Å². The van der Waals surface area contributed by atoms with Gasteiger partial charge in [-0.1, -0.05) is 23.7 Å². The molecule has 5 nitrogen and oxygen atoms in total. The molecule has 1 aliphatic rings. The average molecular weight is 389 g/mol. The summed E-state index contributed by atoms with van der Waals surface area (Å²) in [6.45, 7) is 7.67. The van der Waals surface area contributed by atoms with Crippen molar-refractivity contribution in [3.05, 3.63) is 58.6 Å². The number of hydrogen-bond donors (Lipinski definition) is 1. The minimum absolute atomic E-state index is 0.617. The number of nitrogens with one attached hydrogen (secondary N) is 1. The van der Waals surface area contributed by atoms with Gasteiger partial charge in [0.05, 0.1) is 46.1 Å². The molecule has 144 valence electrons. The summed E-state index contributed by atoms with van der Waals surface area (Å²) in [7, 11) is 1.65. The molecular formula is C21H27ClN3O2+. The number of hydrogen-bond acceptors (Lipinski definition) is 4. The first-order chi connectivity index (χ1) is 13.2. The standard InChI is InChI=1S/C21H26ClN3O2/c1-3-27-20-9-6-18(14-21(20)26-2)15-23-25-12-10-24(11-13-25)16-17-4-7-19(22)8-5-17/h4-9,14-15H,3,10-13,16H2,1-2H3/p+1/b23-15-. The molecule has 0 aromatic heterocycles. The molecule has 1 fully saturated rings. The molecule has 6 heteroatoms. The third kappa shape index (κ3) is 5.62. The van der Waals surface area contributed by atoms with E-state index in [4.69, 9.17) is 21.1 Å². The monoisotopic (exact) mass is 388 g/mol. The Morgan fingerprint density at radius 2 is 1.85 bits per heavy atom. The van der Waals surface area contributed by atoms with Crippen molar-refractivity contribution in [3.63, 3.8) is 0 Å². The number of quaternary nitrogens is 1. The van der Waals surface area contributed by atoms with Crippen LogP contribution in [0.25, 0.3) is 0 Å². The summed E-state index contributed by atoms with van der Waals surface area (Å²) in [6, 6.07) is 14.0. The number of ether oxygens (including phenoxy) is 2. The van der Waals surface area contributed by atoms with Crippen LogP contribution in [0.4, 0.5) is 0 Å². The SMILES string of the molecule is CCOc1ccc(/C=N\N2CC[NH+](Cc3ccc(Cl)cc3)CC2)cc1OC. The molecule has 3 rings (SSSR count). The summed E-state index contributed by atoms with van der Waals surface area (Å²) < 4.78 is 11.0. The predicted octanol–water partition coefficient (Wildman–Crippen LogP) is 2.48. The van der Waals surface area contributed by atoms with Gasteiger partial charge >= 0.3 is 0 Å². The lowest BCUT2D eigenvalue weighted by Gasteiger charge is -2.30. The van der Waals surface area contributed by atoms with Crippen molar-refractivity contribution >= 4 is 17.8 Å². The van der Waals surface area contributed by atoms with Crippen LogP contribution in [0.3, 0.4) is 0 Å². The minimum Gasteiger partial charge on any atom is -0.493 e. The summed E-state index contributed by atoms with van der Waals surface area (Å²) >= 11 is 5.96. The summed E-state index contributed by atoms with van der Waals surface area (Å²) in [5, 5.41) is 7.56. The van der Waals surface area contributed by atoms with Gasteiger partial charge in [0, 0.05) is 10.6 Å². The van der Waals surface area contributed by atoms with Crippen molar-refractivity contribution in [1.82, 2.24) is 5.01 Å². The highest BCUT2D eigenvalue weighted by atomic mass is 35.5. The van der Waals surface area contributed by atoms with Gasteiger partial charge in [0.1, 0.15) is 6.54 Å². The lowest BCUT2D eigenvalue weighted by Crippen LogP contribution is -3.13. The molecule has 1 aliphatic heterocycles. The Balaban J connectivity index is 1.52. The van der Waals surface area contributed by atoms with Gasteiger partial charge in [-0.05, 0) is 42.8 Å². The second kappa shape index (κ2) is 9.62. The molecule has 27 heavy (non-hydrogen) atoms. The highest BCUT2D eigenvalue weighted by Gasteiger charge is 2.18. The second-order valence-electron chi connectivity index (χ2n) is 6.59. The molecule has 0 atom stereocenters. The molecule has 0 saturated carbocycles. The molecule has 0 bridgehead atoms. The van der Waals surface area contributed by atoms with Gasteiger partial charge in [0.25, 0.3) is 0 Å². The summed E-state index contributed by atoms with van der Waals surface area (Å²) in [4.78, 5) is 1.58. The smallest absolute Gasteiger partial charge is 0.161 e. The summed E-state index contributed by atoms with van der Waals surface area (Å²) in [5.74, 6) is 1.49. The third-order valence-corrected chi connectivity index (χ3v) is 4.92. The van der Waals surface area contributed by atoms with Crippen LogP contribution < -0.4 is 14.4 Å². The van der Waals surface area contributed by atoms with Gasteiger partial charge in [0.15, 0.2) is 11.5 Å². The van der Waals surface area contributed by atoms with Crippen LogP contribution in [0.1, 0.15) is 18.1 Å². The first kappa shape index (κ1) is 19.5. The highest BCUT2D eigenvalue weighted by molar-refractivity contribution is 6.30. The van der Waals surface area contributed by atoms with Gasteiger partial charge in [-0.15, -0.1) is 0 Å². The van der Waals surface area contributed by atoms with E-state index >= 15 is 0 Å². The third-order valence-electron chi connectivity index (χ3n) is 4.67. The van der Waals surface area contributed by atoms with Crippen molar-refractivity contribution in [3.8, 4) is 11.5 Å². The zero-order chi connectivity index (χ0) is 19.1. The molecule has 0 amide bonds. The zero-order valence-corrected chi connectivity index (χ0v) is 16.7. The van der Waals surface area contributed by atoms with Crippen LogP contribution in [0.5, 0.6) is 11.5 Å². The minimum atomic E-state index is 0.617. The number of benzene rings is 2. The number of piperazine rings is 1. The Morgan fingerprint density at radius 3 is 2.52 bits per heavy atom. The Labute approximate surface area is 166 Å². The number of rotatable bonds is 7. The molecule has 1 N–H and O–H groups in total. The van der Waals surface area contributed by atoms with Crippen molar-refractivity contribution < 1.29 is 14.4 Å². The molecule has 0 spiro atoms. The normalized spacial score (nSPS) is 15.3. The lowest BCUT2D eigenvalue weighted by molar-refractivity contribution is -0.918. The largest absolute Gasteiger partial charge is 0.493 e. The van der Waals surface area contributed by atoms with E-state index in [0.29, 0.717) is 6.61 Å². The van der Waals surface area contributed by atoms with E-state index in [-0.39, 0.29) is 0 Å². The van der Waals surface area contributed by atoms with E-state index < -0.39 is 0 Å². The van der Waals surface area contributed by atoms with Gasteiger partial charge in [-0.2, -0.15) is 5.10 Å². The van der Waals surface area contributed by atoms with Gasteiger partial charge < -0.3 is 14.4 Å².